The molecule has 0 fully saturated rings. The smallest absolute Gasteiger partial charge is 0.407 e. The van der Waals surface area contributed by atoms with E-state index in [1.807, 2.05) is 0 Å². The van der Waals surface area contributed by atoms with Crippen LogP contribution in [0.15, 0.2) is 12.2 Å². The van der Waals surface area contributed by atoms with Crippen molar-refractivity contribution in [1.29, 1.82) is 0 Å². The SMILES string of the molecule is CCNC(=O)OCCN1C(=O)C=CC1=O. The molecule has 1 N–H and O–H groups in total. The maximum Gasteiger partial charge on any atom is 0.407 e. The van der Waals surface area contributed by atoms with Gasteiger partial charge in [0.05, 0.1) is 6.54 Å². The molecule has 0 spiro atoms. The summed E-state index contributed by atoms with van der Waals surface area (Å²) in [6.07, 6.45) is 1.83. The van der Waals surface area contributed by atoms with E-state index >= 15 is 0 Å². The molecule has 1 rings (SSSR count). The molecule has 82 valence electrons. The van der Waals surface area contributed by atoms with Gasteiger partial charge in [0, 0.05) is 18.7 Å². The molecule has 0 unspecified atom stereocenters. The second-order valence-electron chi connectivity index (χ2n) is 2.83. The van der Waals surface area contributed by atoms with Crippen molar-refractivity contribution in [3.05, 3.63) is 12.2 Å². The van der Waals surface area contributed by atoms with Crippen LogP contribution in [0.3, 0.4) is 0 Å². The Kier molecular flexibility index (Phi) is 3.84. The maximum atomic E-state index is 11.0. The van der Waals surface area contributed by atoms with Crippen molar-refractivity contribution in [1.82, 2.24) is 10.2 Å². The van der Waals surface area contributed by atoms with Crippen molar-refractivity contribution >= 4 is 17.9 Å². The number of carbonyl (C=O) groups is 3. The fourth-order valence-electron chi connectivity index (χ4n) is 1.08. The summed E-state index contributed by atoms with van der Waals surface area (Å²) in [6.45, 7) is 2.33. The van der Waals surface area contributed by atoms with Gasteiger partial charge in [-0.15, -0.1) is 0 Å². The molecule has 0 aromatic heterocycles. The number of alkyl carbamates (subject to hydrolysis) is 1. The van der Waals surface area contributed by atoms with Gasteiger partial charge in [0.15, 0.2) is 0 Å². The van der Waals surface area contributed by atoms with Crippen LogP contribution in [0.4, 0.5) is 4.79 Å². The topological polar surface area (TPSA) is 75.7 Å². The lowest BCUT2D eigenvalue weighted by Crippen LogP contribution is -2.35. The Hall–Kier alpha value is -1.85. The van der Waals surface area contributed by atoms with Gasteiger partial charge in [-0.3, -0.25) is 14.5 Å². The van der Waals surface area contributed by atoms with Crippen LogP contribution >= 0.6 is 0 Å². The monoisotopic (exact) mass is 212 g/mol. The molecule has 6 heteroatoms. The minimum atomic E-state index is -0.551. The van der Waals surface area contributed by atoms with Crippen LogP contribution in [0, 0.1) is 0 Å². The second-order valence-corrected chi connectivity index (χ2v) is 2.83. The van der Waals surface area contributed by atoms with Gasteiger partial charge < -0.3 is 10.1 Å². The molecule has 15 heavy (non-hydrogen) atoms. The molecule has 0 saturated carbocycles. The summed E-state index contributed by atoms with van der Waals surface area (Å²) < 4.78 is 4.72. The van der Waals surface area contributed by atoms with Gasteiger partial charge in [-0.25, -0.2) is 4.79 Å². The van der Waals surface area contributed by atoms with Crippen molar-refractivity contribution in [2.45, 2.75) is 6.92 Å². The highest BCUT2D eigenvalue weighted by Gasteiger charge is 2.22. The summed E-state index contributed by atoms with van der Waals surface area (Å²) in [6, 6.07) is 0. The van der Waals surface area contributed by atoms with Crippen LogP contribution < -0.4 is 5.32 Å². The quantitative estimate of drug-likeness (QED) is 0.647. The van der Waals surface area contributed by atoms with Crippen LogP contribution in [0.5, 0.6) is 0 Å². The summed E-state index contributed by atoms with van der Waals surface area (Å²) in [7, 11) is 0. The summed E-state index contributed by atoms with van der Waals surface area (Å²) in [5.41, 5.74) is 0. The molecule has 1 aliphatic heterocycles. The van der Waals surface area contributed by atoms with Crippen LogP contribution in [0.25, 0.3) is 0 Å². The van der Waals surface area contributed by atoms with E-state index in [-0.39, 0.29) is 25.0 Å². The van der Waals surface area contributed by atoms with Crippen molar-refractivity contribution < 1.29 is 19.1 Å². The van der Waals surface area contributed by atoms with Gasteiger partial charge >= 0.3 is 6.09 Å². The highest BCUT2D eigenvalue weighted by atomic mass is 16.5. The Balaban J connectivity index is 2.23. The van der Waals surface area contributed by atoms with Crippen LogP contribution in [0.1, 0.15) is 6.92 Å². The zero-order valence-corrected chi connectivity index (χ0v) is 8.36. The largest absolute Gasteiger partial charge is 0.448 e. The fourth-order valence-corrected chi connectivity index (χ4v) is 1.08. The Labute approximate surface area is 86.9 Å². The van der Waals surface area contributed by atoms with Crippen molar-refractivity contribution in [3.63, 3.8) is 0 Å². The third kappa shape index (κ3) is 3.08. The normalized spacial score (nSPS) is 14.6. The Morgan fingerprint density at radius 3 is 2.53 bits per heavy atom. The first-order valence-corrected chi connectivity index (χ1v) is 4.59. The number of hydrogen-bond donors (Lipinski definition) is 1. The van der Waals surface area contributed by atoms with Crippen LogP contribution in [-0.2, 0) is 14.3 Å². The predicted octanol–water partition coefficient (Wildman–Crippen LogP) is -0.343. The zero-order chi connectivity index (χ0) is 11.3. The van der Waals surface area contributed by atoms with E-state index in [4.69, 9.17) is 4.74 Å². The average Bonchev–Trinajstić information content (AvgIpc) is 2.49. The molecule has 0 saturated heterocycles. The Morgan fingerprint density at radius 1 is 1.40 bits per heavy atom. The summed E-state index contributed by atoms with van der Waals surface area (Å²) in [5, 5.41) is 2.43. The molecule has 3 amide bonds. The van der Waals surface area contributed by atoms with Gasteiger partial charge in [-0.2, -0.15) is 0 Å². The van der Waals surface area contributed by atoms with Crippen molar-refractivity contribution in [3.8, 4) is 0 Å². The average molecular weight is 212 g/mol. The molecule has 6 nitrogen and oxygen atoms in total. The number of imide groups is 1. The van der Waals surface area contributed by atoms with E-state index in [0.29, 0.717) is 6.54 Å². The number of hydrogen-bond acceptors (Lipinski definition) is 4. The Bertz CT molecular complexity index is 293. The van der Waals surface area contributed by atoms with E-state index in [0.717, 1.165) is 4.90 Å². The molecule has 0 atom stereocenters. The lowest BCUT2D eigenvalue weighted by molar-refractivity contribution is -0.137. The minimum absolute atomic E-state index is 0.00495. The van der Waals surface area contributed by atoms with Gasteiger partial charge in [-0.1, -0.05) is 0 Å². The van der Waals surface area contributed by atoms with Crippen LogP contribution in [0.2, 0.25) is 0 Å². The molecule has 0 aliphatic carbocycles. The van der Waals surface area contributed by atoms with Crippen LogP contribution in [-0.4, -0.2) is 42.5 Å². The van der Waals surface area contributed by atoms with Gasteiger partial charge in [0.1, 0.15) is 6.61 Å². The maximum absolute atomic E-state index is 11.0. The minimum Gasteiger partial charge on any atom is -0.448 e. The standard InChI is InChI=1S/C9H12N2O4/c1-2-10-9(14)15-6-5-11-7(12)3-4-8(11)13/h3-4H,2,5-6H2,1H3,(H,10,14). The first-order chi connectivity index (χ1) is 7.15. The highest BCUT2D eigenvalue weighted by Crippen LogP contribution is 2.02. The number of rotatable bonds is 4. The van der Waals surface area contributed by atoms with Gasteiger partial charge in [0.2, 0.25) is 0 Å². The number of nitrogens with one attached hydrogen (secondary N) is 1. The molecular formula is C9H12N2O4. The second kappa shape index (κ2) is 5.14. The number of ether oxygens (including phenoxy) is 1. The first-order valence-electron chi connectivity index (χ1n) is 4.59. The molecule has 0 aromatic rings. The van der Waals surface area contributed by atoms with E-state index in [1.165, 1.54) is 12.2 Å². The fraction of sp³-hybridized carbons (Fsp3) is 0.444. The first kappa shape index (κ1) is 11.2. The van der Waals surface area contributed by atoms with E-state index in [2.05, 4.69) is 5.32 Å². The molecule has 1 heterocycles. The van der Waals surface area contributed by atoms with Crippen molar-refractivity contribution in [2.24, 2.45) is 0 Å². The summed E-state index contributed by atoms with van der Waals surface area (Å²) >= 11 is 0. The lowest BCUT2D eigenvalue weighted by Gasteiger charge is -2.13. The molecule has 0 bridgehead atoms. The Morgan fingerprint density at radius 2 is 2.00 bits per heavy atom. The summed E-state index contributed by atoms with van der Waals surface area (Å²) in [4.78, 5) is 34.0. The predicted molar refractivity (Wildman–Crippen MR) is 50.9 cm³/mol. The lowest BCUT2D eigenvalue weighted by atomic mass is 10.5. The third-order valence-corrected chi connectivity index (χ3v) is 1.77. The highest BCUT2D eigenvalue weighted by molar-refractivity contribution is 6.12. The number of amides is 3. The molecular weight excluding hydrogens is 200 g/mol. The zero-order valence-electron chi connectivity index (χ0n) is 8.36. The molecule has 1 aliphatic rings. The van der Waals surface area contributed by atoms with Gasteiger partial charge in [0.25, 0.3) is 11.8 Å². The molecule has 0 aromatic carbocycles. The summed E-state index contributed by atoms with van der Waals surface area (Å²) in [5.74, 6) is -0.751. The van der Waals surface area contributed by atoms with E-state index < -0.39 is 6.09 Å². The number of carbonyl (C=O) groups excluding carboxylic acids is 3. The van der Waals surface area contributed by atoms with Crippen molar-refractivity contribution in [2.75, 3.05) is 19.7 Å². The van der Waals surface area contributed by atoms with E-state index in [1.54, 1.807) is 6.92 Å². The molecule has 0 radical (unpaired) electrons. The van der Waals surface area contributed by atoms with E-state index in [9.17, 15) is 14.4 Å². The van der Waals surface area contributed by atoms with Gasteiger partial charge in [-0.05, 0) is 6.92 Å². The third-order valence-electron chi connectivity index (χ3n) is 1.77. The number of nitrogens with zero attached hydrogens (tertiary/aromatic N) is 1.